The number of amides is 1. The van der Waals surface area contributed by atoms with Crippen molar-refractivity contribution in [3.05, 3.63) is 39.8 Å². The van der Waals surface area contributed by atoms with Crippen molar-refractivity contribution in [1.82, 2.24) is 0 Å². The van der Waals surface area contributed by atoms with Gasteiger partial charge in [0, 0.05) is 14.6 Å². The third kappa shape index (κ3) is 3.32. The van der Waals surface area contributed by atoms with E-state index in [0.717, 1.165) is 14.6 Å². The van der Waals surface area contributed by atoms with Gasteiger partial charge in [0.2, 0.25) is 5.91 Å². The van der Waals surface area contributed by atoms with Crippen LogP contribution in [0.3, 0.4) is 0 Å². The smallest absolute Gasteiger partial charge is 0.247 e. The lowest BCUT2D eigenvalue weighted by atomic mass is 10.3. The molecule has 0 unspecified atom stereocenters. The second kappa shape index (κ2) is 4.58. The van der Waals surface area contributed by atoms with Gasteiger partial charge in [0.05, 0.1) is 0 Å². The van der Waals surface area contributed by atoms with Crippen LogP contribution in [0, 0.1) is 0 Å². The fraction of sp³-hybridized carbons (Fsp3) is 0. The van der Waals surface area contributed by atoms with Crippen molar-refractivity contribution in [2.45, 2.75) is 0 Å². The van der Waals surface area contributed by atoms with Crippen LogP contribution in [0.15, 0.2) is 39.8 Å². The summed E-state index contributed by atoms with van der Waals surface area (Å²) in [5.74, 6) is -0.218. The van der Waals surface area contributed by atoms with E-state index < -0.39 is 0 Å². The van der Waals surface area contributed by atoms with Crippen molar-refractivity contribution >= 4 is 43.5 Å². The predicted molar refractivity (Wildman–Crippen MR) is 60.7 cm³/mol. The van der Waals surface area contributed by atoms with Gasteiger partial charge in [0.1, 0.15) is 0 Å². The SMILES string of the molecule is C=CC(=O)Nc1cc(Br)cc(Br)c1. The lowest BCUT2D eigenvalue weighted by molar-refractivity contribution is -0.111. The minimum atomic E-state index is -0.218. The van der Waals surface area contributed by atoms with Crippen LogP contribution < -0.4 is 5.32 Å². The summed E-state index contributed by atoms with van der Waals surface area (Å²) in [6.45, 7) is 3.37. The fourth-order valence-electron chi connectivity index (χ4n) is 0.819. The van der Waals surface area contributed by atoms with Crippen LogP contribution >= 0.6 is 31.9 Å². The highest BCUT2D eigenvalue weighted by Crippen LogP contribution is 2.23. The van der Waals surface area contributed by atoms with Crippen molar-refractivity contribution in [1.29, 1.82) is 0 Å². The Balaban J connectivity index is 2.89. The Morgan fingerprint density at radius 3 is 2.31 bits per heavy atom. The summed E-state index contributed by atoms with van der Waals surface area (Å²) in [6, 6.07) is 5.52. The summed E-state index contributed by atoms with van der Waals surface area (Å²) < 4.78 is 1.81. The van der Waals surface area contributed by atoms with Crippen molar-refractivity contribution in [3.8, 4) is 0 Å². The molecule has 1 amide bonds. The molecule has 4 heteroatoms. The third-order valence-electron chi connectivity index (χ3n) is 1.32. The van der Waals surface area contributed by atoms with Gasteiger partial charge in [0.15, 0.2) is 0 Å². The molecule has 0 aliphatic rings. The van der Waals surface area contributed by atoms with Gasteiger partial charge in [-0.1, -0.05) is 38.4 Å². The molecule has 0 saturated carbocycles. The Kier molecular flexibility index (Phi) is 3.69. The fourth-order valence-corrected chi connectivity index (χ4v) is 2.11. The van der Waals surface area contributed by atoms with E-state index in [0.29, 0.717) is 0 Å². The molecule has 1 aromatic rings. The summed E-state index contributed by atoms with van der Waals surface area (Å²) in [5, 5.41) is 2.66. The first-order chi connectivity index (χ1) is 6.11. The largest absolute Gasteiger partial charge is 0.322 e. The number of nitrogens with one attached hydrogen (secondary N) is 1. The minimum Gasteiger partial charge on any atom is -0.322 e. The molecule has 0 saturated heterocycles. The minimum absolute atomic E-state index is 0.218. The highest BCUT2D eigenvalue weighted by atomic mass is 79.9. The van der Waals surface area contributed by atoms with Crippen LogP contribution in [-0.4, -0.2) is 5.91 Å². The number of hydrogen-bond donors (Lipinski definition) is 1. The Morgan fingerprint density at radius 1 is 1.31 bits per heavy atom. The number of anilines is 1. The Hall–Kier alpha value is -0.610. The van der Waals surface area contributed by atoms with E-state index in [-0.39, 0.29) is 5.91 Å². The average molecular weight is 305 g/mol. The summed E-state index contributed by atoms with van der Waals surface area (Å²) in [7, 11) is 0. The Morgan fingerprint density at radius 2 is 1.85 bits per heavy atom. The first-order valence-electron chi connectivity index (χ1n) is 3.51. The molecule has 0 spiro atoms. The molecule has 0 heterocycles. The predicted octanol–water partition coefficient (Wildman–Crippen LogP) is 3.34. The standard InChI is InChI=1S/C9H7Br2NO/c1-2-9(13)12-8-4-6(10)3-7(11)5-8/h2-5H,1H2,(H,12,13). The van der Waals surface area contributed by atoms with Gasteiger partial charge in [-0.05, 0) is 24.3 Å². The molecule has 0 radical (unpaired) electrons. The first kappa shape index (κ1) is 10.5. The zero-order chi connectivity index (χ0) is 9.84. The van der Waals surface area contributed by atoms with E-state index in [1.807, 2.05) is 18.2 Å². The third-order valence-corrected chi connectivity index (χ3v) is 2.23. The molecule has 1 rings (SSSR count). The molecule has 68 valence electrons. The molecule has 2 nitrogen and oxygen atoms in total. The zero-order valence-corrected chi connectivity index (χ0v) is 9.85. The molecular formula is C9H7Br2NO. The molecule has 1 aromatic carbocycles. The van der Waals surface area contributed by atoms with Gasteiger partial charge in [0.25, 0.3) is 0 Å². The van der Waals surface area contributed by atoms with Crippen LogP contribution in [0.25, 0.3) is 0 Å². The molecule has 0 aromatic heterocycles. The number of carbonyl (C=O) groups is 1. The van der Waals surface area contributed by atoms with Crippen LogP contribution in [0.1, 0.15) is 0 Å². The van der Waals surface area contributed by atoms with Crippen LogP contribution in [0.2, 0.25) is 0 Å². The molecular weight excluding hydrogens is 298 g/mol. The maximum absolute atomic E-state index is 10.9. The van der Waals surface area contributed by atoms with Gasteiger partial charge in [-0.2, -0.15) is 0 Å². The number of halogens is 2. The highest BCUT2D eigenvalue weighted by molar-refractivity contribution is 9.11. The molecule has 0 fully saturated rings. The molecule has 1 N–H and O–H groups in total. The van der Waals surface area contributed by atoms with E-state index in [1.54, 1.807) is 0 Å². The van der Waals surface area contributed by atoms with E-state index >= 15 is 0 Å². The number of benzene rings is 1. The summed E-state index contributed by atoms with van der Waals surface area (Å²) >= 11 is 6.64. The molecule has 13 heavy (non-hydrogen) atoms. The average Bonchev–Trinajstić information content (AvgIpc) is 2.02. The van der Waals surface area contributed by atoms with Gasteiger partial charge < -0.3 is 5.32 Å². The second-order valence-corrected chi connectivity index (χ2v) is 4.18. The summed E-state index contributed by atoms with van der Waals surface area (Å²) in [6.07, 6.45) is 1.23. The van der Waals surface area contributed by atoms with Crippen molar-refractivity contribution in [2.75, 3.05) is 5.32 Å². The number of rotatable bonds is 2. The number of hydrogen-bond acceptors (Lipinski definition) is 1. The zero-order valence-electron chi connectivity index (χ0n) is 6.68. The van der Waals surface area contributed by atoms with Crippen molar-refractivity contribution < 1.29 is 4.79 Å². The van der Waals surface area contributed by atoms with Gasteiger partial charge in [-0.25, -0.2) is 0 Å². The lowest BCUT2D eigenvalue weighted by Crippen LogP contribution is -2.06. The number of carbonyl (C=O) groups excluding carboxylic acids is 1. The topological polar surface area (TPSA) is 29.1 Å². The van der Waals surface area contributed by atoms with Crippen molar-refractivity contribution in [2.24, 2.45) is 0 Å². The van der Waals surface area contributed by atoms with E-state index in [2.05, 4.69) is 43.8 Å². The first-order valence-corrected chi connectivity index (χ1v) is 5.10. The lowest BCUT2D eigenvalue weighted by Gasteiger charge is -2.03. The van der Waals surface area contributed by atoms with E-state index in [1.165, 1.54) is 6.08 Å². The maximum atomic E-state index is 10.9. The van der Waals surface area contributed by atoms with Gasteiger partial charge >= 0.3 is 0 Å². The van der Waals surface area contributed by atoms with Gasteiger partial charge in [-0.15, -0.1) is 0 Å². The maximum Gasteiger partial charge on any atom is 0.247 e. The van der Waals surface area contributed by atoms with E-state index in [4.69, 9.17) is 0 Å². The molecule has 0 atom stereocenters. The molecule has 0 aliphatic carbocycles. The van der Waals surface area contributed by atoms with E-state index in [9.17, 15) is 4.79 Å². The quantitative estimate of drug-likeness (QED) is 0.834. The second-order valence-electron chi connectivity index (χ2n) is 2.35. The monoisotopic (exact) mass is 303 g/mol. The summed E-state index contributed by atoms with van der Waals surface area (Å²) in [5.41, 5.74) is 0.728. The molecule has 0 aliphatic heterocycles. The van der Waals surface area contributed by atoms with Crippen LogP contribution in [0.5, 0.6) is 0 Å². The highest BCUT2D eigenvalue weighted by Gasteiger charge is 1.99. The Bertz CT molecular complexity index is 329. The van der Waals surface area contributed by atoms with Gasteiger partial charge in [-0.3, -0.25) is 4.79 Å². The van der Waals surface area contributed by atoms with Crippen LogP contribution in [0.4, 0.5) is 5.69 Å². The Labute approximate surface area is 93.3 Å². The van der Waals surface area contributed by atoms with Crippen LogP contribution in [-0.2, 0) is 4.79 Å². The normalized spacial score (nSPS) is 9.38. The molecule has 0 bridgehead atoms. The summed E-state index contributed by atoms with van der Waals surface area (Å²) in [4.78, 5) is 10.9. The van der Waals surface area contributed by atoms with Crippen molar-refractivity contribution in [3.63, 3.8) is 0 Å².